The molecule has 0 aliphatic rings. The molecule has 6 nitrogen and oxygen atoms in total. The summed E-state index contributed by atoms with van der Waals surface area (Å²) in [5, 5.41) is 4.05. The van der Waals surface area contributed by atoms with E-state index < -0.39 is 21.0 Å². The van der Waals surface area contributed by atoms with Crippen LogP contribution in [-0.4, -0.2) is 35.1 Å². The van der Waals surface area contributed by atoms with E-state index >= 15 is 0 Å². The van der Waals surface area contributed by atoms with Crippen molar-refractivity contribution in [2.45, 2.75) is 10.1 Å². The van der Waals surface area contributed by atoms with Gasteiger partial charge in [0.25, 0.3) is 5.91 Å². The van der Waals surface area contributed by atoms with Crippen LogP contribution >= 0.6 is 22.9 Å². The molecule has 1 atom stereocenters. The van der Waals surface area contributed by atoms with Crippen LogP contribution in [0.2, 0.25) is 5.02 Å². The van der Waals surface area contributed by atoms with Gasteiger partial charge in [0.1, 0.15) is 5.25 Å². The van der Waals surface area contributed by atoms with Crippen molar-refractivity contribution in [3.63, 3.8) is 0 Å². The molecule has 30 heavy (non-hydrogen) atoms. The molecule has 0 spiro atoms. The predicted molar refractivity (Wildman–Crippen MR) is 118 cm³/mol. The molecule has 0 bridgehead atoms. The molecule has 0 aliphatic carbocycles. The number of ether oxygens (including phenoxy) is 2. The summed E-state index contributed by atoms with van der Waals surface area (Å²) in [6.07, 6.45) is 0. The van der Waals surface area contributed by atoms with Crippen LogP contribution in [0.5, 0.6) is 11.5 Å². The van der Waals surface area contributed by atoms with E-state index in [0.717, 1.165) is 0 Å². The SMILES string of the molecule is COc1ccc(C(=O)NC[C@H](c2cccs2)S(=O)(=O)c2ccc(Cl)cc2)cc1OC. The molecule has 1 heterocycles. The van der Waals surface area contributed by atoms with Gasteiger partial charge in [-0.15, -0.1) is 11.3 Å². The molecule has 1 amide bonds. The van der Waals surface area contributed by atoms with Gasteiger partial charge < -0.3 is 14.8 Å². The number of hydrogen-bond acceptors (Lipinski definition) is 6. The minimum Gasteiger partial charge on any atom is -0.493 e. The Morgan fingerprint density at radius 2 is 1.77 bits per heavy atom. The van der Waals surface area contributed by atoms with Gasteiger partial charge in [-0.25, -0.2) is 8.42 Å². The zero-order valence-corrected chi connectivity index (χ0v) is 18.7. The third kappa shape index (κ3) is 4.77. The second kappa shape index (κ2) is 9.51. The van der Waals surface area contributed by atoms with Crippen LogP contribution in [0.3, 0.4) is 0 Å². The molecule has 0 unspecified atom stereocenters. The zero-order valence-electron chi connectivity index (χ0n) is 16.3. The molecule has 0 aliphatic heterocycles. The van der Waals surface area contributed by atoms with Crippen LogP contribution in [0.15, 0.2) is 64.9 Å². The van der Waals surface area contributed by atoms with Gasteiger partial charge in [-0.05, 0) is 53.9 Å². The summed E-state index contributed by atoms with van der Waals surface area (Å²) in [4.78, 5) is 13.5. The lowest BCUT2D eigenvalue weighted by atomic mass is 10.2. The molecular formula is C21H20ClNO5S2. The Hall–Kier alpha value is -2.55. The molecule has 9 heteroatoms. The minimum absolute atomic E-state index is 0.0847. The lowest BCUT2D eigenvalue weighted by Gasteiger charge is -2.18. The van der Waals surface area contributed by atoms with Crippen LogP contribution in [0.1, 0.15) is 20.5 Å². The Morgan fingerprint density at radius 1 is 1.07 bits per heavy atom. The van der Waals surface area contributed by atoms with Crippen molar-refractivity contribution in [1.29, 1.82) is 0 Å². The van der Waals surface area contributed by atoms with Gasteiger partial charge in [0.05, 0.1) is 19.1 Å². The number of carbonyl (C=O) groups excluding carboxylic acids is 1. The normalized spacial score (nSPS) is 12.2. The van der Waals surface area contributed by atoms with Gasteiger partial charge in [-0.2, -0.15) is 0 Å². The number of amides is 1. The Balaban J connectivity index is 1.85. The summed E-state index contributed by atoms with van der Waals surface area (Å²) in [6.45, 7) is -0.0847. The predicted octanol–water partition coefficient (Wildman–Crippen LogP) is 4.36. The largest absolute Gasteiger partial charge is 0.493 e. The zero-order chi connectivity index (χ0) is 21.7. The van der Waals surface area contributed by atoms with E-state index in [9.17, 15) is 13.2 Å². The van der Waals surface area contributed by atoms with Crippen LogP contribution in [0.4, 0.5) is 0 Å². The van der Waals surface area contributed by atoms with Crippen molar-refractivity contribution in [2.75, 3.05) is 20.8 Å². The molecule has 1 N–H and O–H groups in total. The third-order valence-corrected chi connectivity index (χ3v) is 7.96. The smallest absolute Gasteiger partial charge is 0.251 e. The molecule has 2 aromatic carbocycles. The number of hydrogen-bond donors (Lipinski definition) is 1. The maximum atomic E-state index is 13.3. The highest BCUT2D eigenvalue weighted by atomic mass is 35.5. The average Bonchev–Trinajstić information content (AvgIpc) is 3.27. The minimum atomic E-state index is -3.75. The Morgan fingerprint density at radius 3 is 2.37 bits per heavy atom. The summed E-state index contributed by atoms with van der Waals surface area (Å²) < 4.78 is 36.9. The first-order chi connectivity index (χ1) is 14.4. The van der Waals surface area contributed by atoms with Crippen molar-refractivity contribution < 1.29 is 22.7 Å². The number of sulfone groups is 1. The second-order valence-corrected chi connectivity index (χ2v) is 9.83. The first-order valence-corrected chi connectivity index (χ1v) is 11.7. The van der Waals surface area contributed by atoms with Crippen molar-refractivity contribution >= 4 is 38.7 Å². The van der Waals surface area contributed by atoms with E-state index in [1.54, 1.807) is 35.7 Å². The van der Waals surface area contributed by atoms with Crippen LogP contribution in [0.25, 0.3) is 0 Å². The van der Waals surface area contributed by atoms with E-state index in [-0.39, 0.29) is 11.4 Å². The van der Waals surface area contributed by atoms with Gasteiger partial charge in [-0.1, -0.05) is 17.7 Å². The monoisotopic (exact) mass is 465 g/mol. The summed E-state index contributed by atoms with van der Waals surface area (Å²) >= 11 is 7.21. The van der Waals surface area contributed by atoms with Gasteiger partial charge in [-0.3, -0.25) is 4.79 Å². The number of halogens is 1. The van der Waals surface area contributed by atoms with Gasteiger partial charge in [0, 0.05) is 22.0 Å². The van der Waals surface area contributed by atoms with Gasteiger partial charge >= 0.3 is 0 Å². The van der Waals surface area contributed by atoms with E-state index in [2.05, 4.69) is 5.32 Å². The number of thiophene rings is 1. The second-order valence-electron chi connectivity index (χ2n) is 6.28. The summed E-state index contributed by atoms with van der Waals surface area (Å²) in [5.74, 6) is 0.494. The number of benzene rings is 2. The summed E-state index contributed by atoms with van der Waals surface area (Å²) in [6, 6.07) is 14.3. The lowest BCUT2D eigenvalue weighted by Crippen LogP contribution is -2.31. The molecule has 1 aromatic heterocycles. The van der Waals surface area contributed by atoms with Gasteiger partial charge in [0.15, 0.2) is 21.3 Å². The molecule has 3 rings (SSSR count). The number of rotatable bonds is 8. The molecule has 0 radical (unpaired) electrons. The highest BCUT2D eigenvalue weighted by molar-refractivity contribution is 7.91. The molecular weight excluding hydrogens is 446 g/mol. The molecule has 3 aromatic rings. The van der Waals surface area contributed by atoms with Crippen molar-refractivity contribution in [3.05, 3.63) is 75.4 Å². The van der Waals surface area contributed by atoms with E-state index in [1.807, 2.05) is 0 Å². The Bertz CT molecular complexity index is 1110. The fourth-order valence-corrected chi connectivity index (χ4v) is 5.80. The average molecular weight is 466 g/mol. The van der Waals surface area contributed by atoms with Crippen LogP contribution < -0.4 is 14.8 Å². The molecule has 0 saturated heterocycles. The van der Waals surface area contributed by atoms with Gasteiger partial charge in [0.2, 0.25) is 0 Å². The maximum absolute atomic E-state index is 13.3. The van der Waals surface area contributed by atoms with Crippen molar-refractivity contribution in [1.82, 2.24) is 5.32 Å². The van der Waals surface area contributed by atoms with E-state index in [0.29, 0.717) is 27.0 Å². The number of nitrogens with one attached hydrogen (secondary N) is 1. The third-order valence-electron chi connectivity index (χ3n) is 4.47. The molecule has 158 valence electrons. The summed E-state index contributed by atoms with van der Waals surface area (Å²) in [7, 11) is -0.768. The Kier molecular flexibility index (Phi) is 7.02. The van der Waals surface area contributed by atoms with Crippen LogP contribution in [0, 0.1) is 0 Å². The van der Waals surface area contributed by atoms with Crippen molar-refractivity contribution in [2.24, 2.45) is 0 Å². The van der Waals surface area contributed by atoms with Crippen molar-refractivity contribution in [3.8, 4) is 11.5 Å². The standard InChI is InChI=1S/C21H20ClNO5S2/c1-27-17-10-5-14(12-18(17)28-2)21(24)23-13-20(19-4-3-11-29-19)30(25,26)16-8-6-15(22)7-9-16/h3-12,20H,13H2,1-2H3,(H,23,24)/t20-/m1/s1. The fourth-order valence-electron chi connectivity index (χ4n) is 2.89. The first-order valence-electron chi connectivity index (χ1n) is 8.90. The Labute approximate surface area is 184 Å². The van der Waals surface area contributed by atoms with E-state index in [1.165, 1.54) is 49.8 Å². The maximum Gasteiger partial charge on any atom is 0.251 e. The van der Waals surface area contributed by atoms with Crippen LogP contribution in [-0.2, 0) is 9.84 Å². The topological polar surface area (TPSA) is 81.7 Å². The quantitative estimate of drug-likeness (QED) is 0.534. The highest BCUT2D eigenvalue weighted by Crippen LogP contribution is 2.32. The lowest BCUT2D eigenvalue weighted by molar-refractivity contribution is 0.0953. The number of carbonyl (C=O) groups is 1. The summed E-state index contributed by atoms with van der Waals surface area (Å²) in [5.41, 5.74) is 0.335. The van der Waals surface area contributed by atoms with E-state index in [4.69, 9.17) is 21.1 Å². The number of methoxy groups -OCH3 is 2. The highest BCUT2D eigenvalue weighted by Gasteiger charge is 2.30. The molecule has 0 fully saturated rings. The molecule has 0 saturated carbocycles. The fraction of sp³-hybridized carbons (Fsp3) is 0.190. The first kappa shape index (κ1) is 22.1.